The Bertz CT molecular complexity index is 1200. The summed E-state index contributed by atoms with van der Waals surface area (Å²) in [5.74, 6) is -1.15. The fourth-order valence-electron chi connectivity index (χ4n) is 3.36. The summed E-state index contributed by atoms with van der Waals surface area (Å²) in [7, 11) is 1.32. The summed E-state index contributed by atoms with van der Waals surface area (Å²) in [5.41, 5.74) is 1.94. The molecule has 0 bridgehead atoms. The first-order valence-corrected chi connectivity index (χ1v) is 10.9. The van der Waals surface area contributed by atoms with E-state index in [-0.39, 0.29) is 11.5 Å². The SMILES string of the molecule is COc1cc(C=CC(=O)OCC(=O)N2c3ccccc3Sc3ccccc32)ccc1OC(F)F. The molecule has 0 unspecified atom stereocenters. The van der Waals surface area contributed by atoms with Gasteiger partial charge in [0.25, 0.3) is 5.91 Å². The van der Waals surface area contributed by atoms with Gasteiger partial charge in [-0.15, -0.1) is 0 Å². The highest BCUT2D eigenvalue weighted by molar-refractivity contribution is 7.99. The van der Waals surface area contributed by atoms with Crippen molar-refractivity contribution in [2.24, 2.45) is 0 Å². The van der Waals surface area contributed by atoms with Crippen molar-refractivity contribution in [1.29, 1.82) is 0 Å². The molecule has 3 aromatic rings. The van der Waals surface area contributed by atoms with Crippen molar-refractivity contribution in [2.75, 3.05) is 18.6 Å². The molecule has 0 saturated carbocycles. The van der Waals surface area contributed by atoms with E-state index in [0.29, 0.717) is 5.56 Å². The summed E-state index contributed by atoms with van der Waals surface area (Å²) < 4.78 is 39.5. The molecule has 3 aromatic carbocycles. The second-order valence-corrected chi connectivity index (χ2v) is 8.08. The summed E-state index contributed by atoms with van der Waals surface area (Å²) in [6, 6.07) is 19.2. The lowest BCUT2D eigenvalue weighted by molar-refractivity contribution is -0.142. The van der Waals surface area contributed by atoms with Gasteiger partial charge in [0.05, 0.1) is 18.5 Å². The Morgan fingerprint density at radius 3 is 2.24 bits per heavy atom. The average molecular weight is 483 g/mol. The van der Waals surface area contributed by atoms with Crippen LogP contribution in [-0.2, 0) is 14.3 Å². The number of rotatable bonds is 7. The minimum absolute atomic E-state index is 0.0892. The van der Waals surface area contributed by atoms with Crippen molar-refractivity contribution in [1.82, 2.24) is 0 Å². The largest absolute Gasteiger partial charge is 0.493 e. The summed E-state index contributed by atoms with van der Waals surface area (Å²) in [4.78, 5) is 28.7. The number of esters is 1. The molecule has 0 spiro atoms. The van der Waals surface area contributed by atoms with Gasteiger partial charge in [-0.25, -0.2) is 4.79 Å². The number of halogens is 2. The number of amides is 1. The number of fused-ring (bicyclic) bond motifs is 2. The van der Waals surface area contributed by atoms with Gasteiger partial charge in [-0.05, 0) is 48.0 Å². The van der Waals surface area contributed by atoms with Gasteiger partial charge in [-0.3, -0.25) is 9.69 Å². The molecule has 34 heavy (non-hydrogen) atoms. The third-order valence-electron chi connectivity index (χ3n) is 4.84. The van der Waals surface area contributed by atoms with E-state index in [1.807, 2.05) is 48.5 Å². The van der Waals surface area contributed by atoms with Gasteiger partial charge in [0.15, 0.2) is 18.1 Å². The number of anilines is 2. The van der Waals surface area contributed by atoms with Crippen LogP contribution >= 0.6 is 11.8 Å². The van der Waals surface area contributed by atoms with Gasteiger partial charge in [-0.1, -0.05) is 42.1 Å². The van der Waals surface area contributed by atoms with Crippen LogP contribution in [0, 0.1) is 0 Å². The van der Waals surface area contributed by atoms with Crippen LogP contribution in [0.15, 0.2) is 82.6 Å². The molecule has 0 radical (unpaired) electrons. The van der Waals surface area contributed by atoms with Crippen molar-refractivity contribution in [3.63, 3.8) is 0 Å². The standard InChI is InChI=1S/C25H19F2NO5S/c1-31-20-14-16(10-12-19(20)33-25(26)27)11-13-24(30)32-15-23(29)28-17-6-2-4-8-21(17)34-22-9-5-3-7-18(22)28/h2-14,25H,15H2,1H3. The van der Waals surface area contributed by atoms with Gasteiger partial charge in [-0.2, -0.15) is 8.78 Å². The average Bonchev–Trinajstić information content (AvgIpc) is 2.84. The van der Waals surface area contributed by atoms with Gasteiger partial charge in [0.2, 0.25) is 0 Å². The fraction of sp³-hybridized carbons (Fsp3) is 0.120. The summed E-state index contributed by atoms with van der Waals surface area (Å²) >= 11 is 1.57. The van der Waals surface area contributed by atoms with Crippen LogP contribution in [0.25, 0.3) is 6.08 Å². The molecule has 0 saturated heterocycles. The molecule has 4 rings (SSSR count). The molecule has 1 aliphatic rings. The molecule has 1 heterocycles. The minimum Gasteiger partial charge on any atom is -0.493 e. The third-order valence-corrected chi connectivity index (χ3v) is 5.97. The summed E-state index contributed by atoms with van der Waals surface area (Å²) in [5, 5.41) is 0. The van der Waals surface area contributed by atoms with Gasteiger partial charge >= 0.3 is 12.6 Å². The maximum atomic E-state index is 13.0. The molecule has 1 amide bonds. The third kappa shape index (κ3) is 5.20. The number of alkyl halides is 2. The maximum absolute atomic E-state index is 13.0. The number of hydrogen-bond acceptors (Lipinski definition) is 6. The second kappa shape index (κ2) is 10.4. The zero-order valence-electron chi connectivity index (χ0n) is 17.9. The predicted octanol–water partition coefficient (Wildman–Crippen LogP) is 5.68. The molecule has 0 atom stereocenters. The highest BCUT2D eigenvalue weighted by atomic mass is 32.2. The van der Waals surface area contributed by atoms with Gasteiger partial charge in [0, 0.05) is 15.9 Å². The number of carbonyl (C=O) groups is 2. The van der Waals surface area contributed by atoms with E-state index in [4.69, 9.17) is 9.47 Å². The van der Waals surface area contributed by atoms with Crippen LogP contribution < -0.4 is 14.4 Å². The normalized spacial score (nSPS) is 12.3. The maximum Gasteiger partial charge on any atom is 0.387 e. The lowest BCUT2D eigenvalue weighted by atomic mass is 10.2. The molecule has 0 N–H and O–H groups in total. The quantitative estimate of drug-likeness (QED) is 0.318. The molecule has 6 nitrogen and oxygen atoms in total. The Morgan fingerprint density at radius 2 is 1.62 bits per heavy atom. The van der Waals surface area contributed by atoms with E-state index in [1.54, 1.807) is 16.7 Å². The molecule has 0 aliphatic carbocycles. The molecular formula is C25H19F2NO5S. The summed E-state index contributed by atoms with van der Waals surface area (Å²) in [6.07, 6.45) is 2.56. The van der Waals surface area contributed by atoms with E-state index in [9.17, 15) is 18.4 Å². The van der Waals surface area contributed by atoms with Crippen molar-refractivity contribution in [3.05, 3.63) is 78.4 Å². The van der Waals surface area contributed by atoms with Crippen LogP contribution in [0.2, 0.25) is 0 Å². The Balaban J connectivity index is 1.43. The van der Waals surface area contributed by atoms with Crippen LogP contribution in [-0.4, -0.2) is 32.2 Å². The first-order chi connectivity index (χ1) is 16.5. The van der Waals surface area contributed by atoms with Crippen LogP contribution in [0.1, 0.15) is 5.56 Å². The molecule has 9 heteroatoms. The Hall–Kier alpha value is -3.85. The first-order valence-electron chi connectivity index (χ1n) is 10.1. The fourth-order valence-corrected chi connectivity index (χ4v) is 4.42. The number of ether oxygens (including phenoxy) is 3. The molecule has 1 aliphatic heterocycles. The Labute approximate surface area is 198 Å². The first kappa shape index (κ1) is 23.3. The number of hydrogen-bond donors (Lipinski definition) is 0. The van der Waals surface area contributed by atoms with E-state index in [2.05, 4.69) is 4.74 Å². The minimum atomic E-state index is -2.99. The van der Waals surface area contributed by atoms with Crippen molar-refractivity contribution >= 4 is 41.1 Å². The van der Waals surface area contributed by atoms with E-state index >= 15 is 0 Å². The Kier molecular flexibility index (Phi) is 7.12. The highest BCUT2D eigenvalue weighted by Crippen LogP contribution is 2.47. The van der Waals surface area contributed by atoms with E-state index < -0.39 is 25.1 Å². The molecule has 0 aromatic heterocycles. The van der Waals surface area contributed by atoms with Gasteiger partial charge < -0.3 is 14.2 Å². The van der Waals surface area contributed by atoms with Crippen LogP contribution in [0.4, 0.5) is 20.2 Å². The zero-order chi connectivity index (χ0) is 24.1. The zero-order valence-corrected chi connectivity index (χ0v) is 18.8. The lowest BCUT2D eigenvalue weighted by Gasteiger charge is -2.30. The Morgan fingerprint density at radius 1 is 0.971 bits per heavy atom. The van der Waals surface area contributed by atoms with Crippen molar-refractivity contribution in [2.45, 2.75) is 16.4 Å². The van der Waals surface area contributed by atoms with Crippen LogP contribution in [0.5, 0.6) is 11.5 Å². The molecular weight excluding hydrogens is 464 g/mol. The second-order valence-electron chi connectivity index (χ2n) is 7.00. The highest BCUT2D eigenvalue weighted by Gasteiger charge is 2.28. The topological polar surface area (TPSA) is 65.1 Å². The lowest BCUT2D eigenvalue weighted by Crippen LogP contribution is -2.32. The van der Waals surface area contributed by atoms with Crippen molar-refractivity contribution < 1.29 is 32.6 Å². The smallest absolute Gasteiger partial charge is 0.387 e. The number of methoxy groups -OCH3 is 1. The number of carbonyl (C=O) groups excluding carboxylic acids is 2. The number of para-hydroxylation sites is 2. The number of benzene rings is 3. The predicted molar refractivity (Wildman–Crippen MR) is 124 cm³/mol. The molecule has 0 fully saturated rings. The van der Waals surface area contributed by atoms with Crippen molar-refractivity contribution in [3.8, 4) is 11.5 Å². The number of nitrogens with zero attached hydrogens (tertiary/aromatic N) is 1. The van der Waals surface area contributed by atoms with Gasteiger partial charge in [0.1, 0.15) is 0 Å². The van der Waals surface area contributed by atoms with E-state index in [0.717, 1.165) is 27.2 Å². The van der Waals surface area contributed by atoms with Crippen LogP contribution in [0.3, 0.4) is 0 Å². The molecule has 174 valence electrons. The summed E-state index contributed by atoms with van der Waals surface area (Å²) in [6.45, 7) is -3.44. The van der Waals surface area contributed by atoms with E-state index in [1.165, 1.54) is 31.4 Å². The monoisotopic (exact) mass is 483 g/mol.